The van der Waals surface area contributed by atoms with Crippen LogP contribution in [0.25, 0.3) is 0 Å². The second-order valence-electron chi connectivity index (χ2n) is 5.90. The molecular formula is C21H19N3O3. The van der Waals surface area contributed by atoms with Gasteiger partial charge >= 0.3 is 0 Å². The fourth-order valence-corrected chi connectivity index (χ4v) is 2.43. The summed E-state index contributed by atoms with van der Waals surface area (Å²) in [4.78, 5) is 23.9. The van der Waals surface area contributed by atoms with E-state index in [4.69, 9.17) is 4.42 Å². The predicted octanol–water partition coefficient (Wildman–Crippen LogP) is 3.61. The zero-order valence-electron chi connectivity index (χ0n) is 14.8. The summed E-state index contributed by atoms with van der Waals surface area (Å²) in [6, 6.07) is 19.9. The van der Waals surface area contributed by atoms with E-state index in [0.717, 1.165) is 11.1 Å². The summed E-state index contributed by atoms with van der Waals surface area (Å²) in [5, 5.41) is 6.88. The largest absolute Gasteiger partial charge is 0.459 e. The van der Waals surface area contributed by atoms with Crippen molar-refractivity contribution in [2.24, 2.45) is 5.10 Å². The van der Waals surface area contributed by atoms with Crippen molar-refractivity contribution < 1.29 is 14.0 Å². The predicted molar refractivity (Wildman–Crippen MR) is 104 cm³/mol. The number of hydrazone groups is 1. The van der Waals surface area contributed by atoms with Gasteiger partial charge in [0.1, 0.15) is 0 Å². The van der Waals surface area contributed by atoms with Gasteiger partial charge in [0.05, 0.1) is 18.4 Å². The molecule has 3 rings (SSSR count). The molecule has 0 spiro atoms. The van der Waals surface area contributed by atoms with Crippen LogP contribution in [-0.4, -0.2) is 17.5 Å². The number of nitrogens with zero attached hydrogens (tertiary/aromatic N) is 1. The van der Waals surface area contributed by atoms with Crippen molar-refractivity contribution in [2.75, 3.05) is 5.32 Å². The highest BCUT2D eigenvalue weighted by Crippen LogP contribution is 2.12. The normalized spacial score (nSPS) is 11.1. The van der Waals surface area contributed by atoms with E-state index >= 15 is 0 Å². The van der Waals surface area contributed by atoms with Crippen molar-refractivity contribution in [3.63, 3.8) is 0 Å². The van der Waals surface area contributed by atoms with Gasteiger partial charge < -0.3 is 9.73 Å². The van der Waals surface area contributed by atoms with Crippen LogP contribution in [0.1, 0.15) is 28.6 Å². The van der Waals surface area contributed by atoms with Crippen LogP contribution >= 0.6 is 0 Å². The third-order valence-electron chi connectivity index (χ3n) is 3.86. The lowest BCUT2D eigenvalue weighted by Crippen LogP contribution is -2.21. The molecule has 2 aromatic carbocycles. The molecule has 27 heavy (non-hydrogen) atoms. The number of furan rings is 1. The molecule has 2 N–H and O–H groups in total. The van der Waals surface area contributed by atoms with E-state index < -0.39 is 0 Å². The minimum absolute atomic E-state index is 0.178. The monoisotopic (exact) mass is 361 g/mol. The number of hydrogen-bond acceptors (Lipinski definition) is 4. The van der Waals surface area contributed by atoms with E-state index in [1.54, 1.807) is 31.2 Å². The van der Waals surface area contributed by atoms with Gasteiger partial charge in [-0.3, -0.25) is 9.59 Å². The highest BCUT2D eigenvalue weighted by molar-refractivity contribution is 6.03. The standard InChI is InChI=1S/C21H19N3O3/c1-15(23-24-20(25)14-16-6-3-2-4-7-16)17-9-11-18(12-10-17)22-21(26)19-8-5-13-27-19/h2-13H,14H2,1H3,(H,22,26)(H,24,25)/b23-15+. The van der Waals surface area contributed by atoms with Crippen molar-refractivity contribution in [1.82, 2.24) is 5.43 Å². The van der Waals surface area contributed by atoms with Crippen LogP contribution < -0.4 is 10.7 Å². The third-order valence-corrected chi connectivity index (χ3v) is 3.86. The van der Waals surface area contributed by atoms with Crippen LogP contribution in [0.2, 0.25) is 0 Å². The van der Waals surface area contributed by atoms with E-state index in [-0.39, 0.29) is 24.0 Å². The van der Waals surface area contributed by atoms with Gasteiger partial charge in [-0.2, -0.15) is 5.10 Å². The maximum absolute atomic E-state index is 12.0. The third kappa shape index (κ3) is 5.15. The summed E-state index contributed by atoms with van der Waals surface area (Å²) in [6.07, 6.45) is 1.72. The molecule has 0 atom stereocenters. The van der Waals surface area contributed by atoms with E-state index in [2.05, 4.69) is 15.8 Å². The highest BCUT2D eigenvalue weighted by atomic mass is 16.3. The second kappa shape index (κ2) is 8.62. The van der Waals surface area contributed by atoms with Gasteiger partial charge in [-0.25, -0.2) is 5.43 Å². The molecule has 136 valence electrons. The van der Waals surface area contributed by atoms with Gasteiger partial charge in [0.2, 0.25) is 5.91 Å². The Morgan fingerprint density at radius 3 is 2.37 bits per heavy atom. The zero-order chi connectivity index (χ0) is 19.1. The summed E-state index contributed by atoms with van der Waals surface area (Å²) in [6.45, 7) is 1.80. The number of carbonyl (C=O) groups is 2. The fourth-order valence-electron chi connectivity index (χ4n) is 2.43. The van der Waals surface area contributed by atoms with Crippen LogP contribution in [0.4, 0.5) is 5.69 Å². The number of benzene rings is 2. The summed E-state index contributed by atoms with van der Waals surface area (Å²) in [5.74, 6) is -0.243. The molecule has 0 unspecified atom stereocenters. The number of anilines is 1. The molecule has 3 aromatic rings. The number of amides is 2. The SMILES string of the molecule is C/C(=N\NC(=O)Cc1ccccc1)c1ccc(NC(=O)c2ccco2)cc1. The summed E-state index contributed by atoms with van der Waals surface area (Å²) < 4.78 is 5.06. The van der Waals surface area contributed by atoms with Crippen LogP contribution in [-0.2, 0) is 11.2 Å². The maximum atomic E-state index is 12.0. The van der Waals surface area contributed by atoms with E-state index in [9.17, 15) is 9.59 Å². The smallest absolute Gasteiger partial charge is 0.291 e. The molecule has 1 heterocycles. The van der Waals surface area contributed by atoms with Crippen LogP contribution in [0.3, 0.4) is 0 Å². The minimum Gasteiger partial charge on any atom is -0.459 e. The second-order valence-corrected chi connectivity index (χ2v) is 5.90. The van der Waals surface area contributed by atoms with Gasteiger partial charge in [0.25, 0.3) is 5.91 Å². The number of carbonyl (C=O) groups excluding carboxylic acids is 2. The first-order valence-electron chi connectivity index (χ1n) is 8.44. The quantitative estimate of drug-likeness (QED) is 0.520. The summed E-state index contributed by atoms with van der Waals surface area (Å²) in [5.41, 5.74) is 5.64. The molecule has 0 radical (unpaired) electrons. The van der Waals surface area contributed by atoms with Crippen LogP contribution in [0, 0.1) is 0 Å². The molecule has 0 fully saturated rings. The molecule has 0 aliphatic heterocycles. The molecular weight excluding hydrogens is 342 g/mol. The zero-order valence-corrected chi connectivity index (χ0v) is 14.8. The van der Waals surface area contributed by atoms with Crippen LogP contribution in [0.15, 0.2) is 82.5 Å². The minimum atomic E-state index is -0.314. The molecule has 0 saturated heterocycles. The Morgan fingerprint density at radius 1 is 0.963 bits per heavy atom. The lowest BCUT2D eigenvalue weighted by atomic mass is 10.1. The van der Waals surface area contributed by atoms with Crippen molar-refractivity contribution >= 4 is 23.2 Å². The lowest BCUT2D eigenvalue weighted by molar-refractivity contribution is -0.120. The molecule has 6 heteroatoms. The average Bonchev–Trinajstić information content (AvgIpc) is 3.22. The molecule has 0 bridgehead atoms. The van der Waals surface area contributed by atoms with E-state index in [0.29, 0.717) is 11.4 Å². The Bertz CT molecular complexity index is 931. The van der Waals surface area contributed by atoms with E-state index in [1.807, 2.05) is 42.5 Å². The lowest BCUT2D eigenvalue weighted by Gasteiger charge is -2.06. The summed E-state index contributed by atoms with van der Waals surface area (Å²) >= 11 is 0. The molecule has 0 aliphatic carbocycles. The molecule has 6 nitrogen and oxygen atoms in total. The van der Waals surface area contributed by atoms with Gasteiger partial charge in [-0.15, -0.1) is 0 Å². The Morgan fingerprint density at radius 2 is 1.70 bits per heavy atom. The van der Waals surface area contributed by atoms with Gasteiger partial charge in [-0.1, -0.05) is 42.5 Å². The molecule has 2 amide bonds. The number of nitrogens with one attached hydrogen (secondary N) is 2. The van der Waals surface area contributed by atoms with Gasteiger partial charge in [-0.05, 0) is 42.3 Å². The number of hydrogen-bond donors (Lipinski definition) is 2. The topological polar surface area (TPSA) is 83.7 Å². The first kappa shape index (κ1) is 18.1. The van der Waals surface area contributed by atoms with Crippen molar-refractivity contribution in [2.45, 2.75) is 13.3 Å². The summed E-state index contributed by atoms with van der Waals surface area (Å²) in [7, 11) is 0. The fraction of sp³-hybridized carbons (Fsp3) is 0.0952. The van der Waals surface area contributed by atoms with Crippen molar-refractivity contribution in [3.05, 3.63) is 89.9 Å². The maximum Gasteiger partial charge on any atom is 0.291 e. The molecule has 1 aromatic heterocycles. The molecule has 0 aliphatic rings. The number of rotatable bonds is 6. The highest BCUT2D eigenvalue weighted by Gasteiger charge is 2.09. The first-order chi connectivity index (χ1) is 13.1. The van der Waals surface area contributed by atoms with Crippen LogP contribution in [0.5, 0.6) is 0 Å². The average molecular weight is 361 g/mol. The molecule has 0 saturated carbocycles. The van der Waals surface area contributed by atoms with Gasteiger partial charge in [0.15, 0.2) is 5.76 Å². The Labute approximate surface area is 156 Å². The van der Waals surface area contributed by atoms with Crippen molar-refractivity contribution in [3.8, 4) is 0 Å². The Hall–Kier alpha value is -3.67. The van der Waals surface area contributed by atoms with E-state index in [1.165, 1.54) is 6.26 Å². The Kier molecular flexibility index (Phi) is 5.79. The Balaban J connectivity index is 1.56. The van der Waals surface area contributed by atoms with Gasteiger partial charge in [0, 0.05) is 5.69 Å². The first-order valence-corrected chi connectivity index (χ1v) is 8.44. The van der Waals surface area contributed by atoms with Crippen molar-refractivity contribution in [1.29, 1.82) is 0 Å².